The Labute approximate surface area is 83.3 Å². The molecule has 0 bridgehead atoms. The Kier molecular flexibility index (Phi) is 2.79. The van der Waals surface area contributed by atoms with E-state index in [-0.39, 0.29) is 0 Å². The molecule has 3 nitrogen and oxygen atoms in total. The van der Waals surface area contributed by atoms with Crippen LogP contribution in [0.25, 0.3) is 11.0 Å². The van der Waals surface area contributed by atoms with Crippen LogP contribution < -0.4 is 5.73 Å². The summed E-state index contributed by atoms with van der Waals surface area (Å²) in [6, 6.07) is 8.15. The van der Waals surface area contributed by atoms with Crippen LogP contribution in [-0.2, 0) is 6.42 Å². The molecule has 3 heteroatoms. The van der Waals surface area contributed by atoms with Gasteiger partial charge >= 0.3 is 0 Å². The highest BCUT2D eigenvalue weighted by atomic mass is 14.9. The van der Waals surface area contributed by atoms with Gasteiger partial charge in [-0.2, -0.15) is 0 Å². The number of imidazole rings is 1. The van der Waals surface area contributed by atoms with Gasteiger partial charge in [-0.3, -0.25) is 0 Å². The van der Waals surface area contributed by atoms with Crippen molar-refractivity contribution in [1.82, 2.24) is 9.97 Å². The molecule has 0 saturated carbocycles. The molecule has 0 saturated heterocycles. The smallest absolute Gasteiger partial charge is 0.107 e. The molecule has 0 unspecified atom stereocenters. The normalized spacial score (nSPS) is 10.9. The second-order valence-electron chi connectivity index (χ2n) is 3.51. The first kappa shape index (κ1) is 9.21. The lowest BCUT2D eigenvalue weighted by Gasteiger charge is -1.92. The van der Waals surface area contributed by atoms with Crippen LogP contribution >= 0.6 is 0 Å². The predicted octanol–water partition coefficient (Wildman–Crippen LogP) is 1.13. The Morgan fingerprint density at radius 1 is 1.21 bits per heavy atom. The monoisotopic (exact) mass is 190 g/mol. The van der Waals surface area contributed by atoms with E-state index in [4.69, 9.17) is 0 Å². The van der Waals surface area contributed by atoms with Crippen molar-refractivity contribution < 1.29 is 5.73 Å². The van der Waals surface area contributed by atoms with Crippen LogP contribution in [0.4, 0.5) is 0 Å². The minimum Gasteiger partial charge on any atom is -0.358 e. The van der Waals surface area contributed by atoms with E-state index in [2.05, 4.69) is 21.8 Å². The second-order valence-corrected chi connectivity index (χ2v) is 3.51. The molecule has 0 radical (unpaired) electrons. The van der Waals surface area contributed by atoms with Crippen LogP contribution in [0.3, 0.4) is 0 Å². The molecule has 74 valence electrons. The van der Waals surface area contributed by atoms with Gasteiger partial charge in [0.1, 0.15) is 5.82 Å². The van der Waals surface area contributed by atoms with Crippen molar-refractivity contribution in [1.29, 1.82) is 0 Å². The molecule has 1 aromatic carbocycles. The summed E-state index contributed by atoms with van der Waals surface area (Å²) in [7, 11) is 0. The summed E-state index contributed by atoms with van der Waals surface area (Å²) in [5.41, 5.74) is 6.03. The molecule has 14 heavy (non-hydrogen) atoms. The van der Waals surface area contributed by atoms with Gasteiger partial charge in [0, 0.05) is 6.42 Å². The molecule has 0 aliphatic carbocycles. The fourth-order valence-electron chi connectivity index (χ4n) is 1.59. The number of fused-ring (bicyclic) bond motifs is 1. The summed E-state index contributed by atoms with van der Waals surface area (Å²) in [4.78, 5) is 7.83. The van der Waals surface area contributed by atoms with E-state index < -0.39 is 0 Å². The molecule has 2 rings (SSSR count). The fourth-order valence-corrected chi connectivity index (χ4v) is 1.59. The molecule has 1 aromatic heterocycles. The molecule has 0 atom stereocenters. The number of para-hydroxylation sites is 2. The van der Waals surface area contributed by atoms with Crippen LogP contribution in [0, 0.1) is 0 Å². The third-order valence-electron chi connectivity index (χ3n) is 2.35. The molecule has 0 amide bonds. The quantitative estimate of drug-likeness (QED) is 0.698. The van der Waals surface area contributed by atoms with Crippen molar-refractivity contribution in [3.05, 3.63) is 30.1 Å². The maximum Gasteiger partial charge on any atom is 0.107 e. The molecule has 0 spiro atoms. The molecular weight excluding hydrogens is 174 g/mol. The number of hydrogen-bond donors (Lipinski definition) is 2. The summed E-state index contributed by atoms with van der Waals surface area (Å²) in [6.45, 7) is 1.01. The Bertz CT molecular complexity index is 373. The topological polar surface area (TPSA) is 56.3 Å². The van der Waals surface area contributed by atoms with Gasteiger partial charge in [-0.05, 0) is 25.0 Å². The van der Waals surface area contributed by atoms with E-state index in [1.807, 2.05) is 18.2 Å². The Morgan fingerprint density at radius 2 is 2.07 bits per heavy atom. The third-order valence-corrected chi connectivity index (χ3v) is 2.35. The van der Waals surface area contributed by atoms with Crippen LogP contribution in [-0.4, -0.2) is 16.5 Å². The number of aryl methyl sites for hydroxylation is 1. The number of unbranched alkanes of at least 4 members (excludes halogenated alkanes) is 1. The second kappa shape index (κ2) is 4.24. The van der Waals surface area contributed by atoms with E-state index in [1.165, 1.54) is 12.8 Å². The zero-order valence-electron chi connectivity index (χ0n) is 8.29. The van der Waals surface area contributed by atoms with Crippen molar-refractivity contribution in [2.24, 2.45) is 0 Å². The first-order valence-corrected chi connectivity index (χ1v) is 5.13. The van der Waals surface area contributed by atoms with Gasteiger partial charge in [0.2, 0.25) is 0 Å². The highest BCUT2D eigenvalue weighted by Gasteiger charge is 2.00. The lowest BCUT2D eigenvalue weighted by molar-refractivity contribution is -0.368. The summed E-state index contributed by atoms with van der Waals surface area (Å²) in [5.74, 6) is 1.10. The van der Waals surface area contributed by atoms with Crippen molar-refractivity contribution >= 4 is 11.0 Å². The first-order valence-electron chi connectivity index (χ1n) is 5.13. The number of aromatic amines is 1. The lowest BCUT2D eigenvalue weighted by atomic mass is 10.2. The van der Waals surface area contributed by atoms with Gasteiger partial charge in [0.15, 0.2) is 0 Å². The third kappa shape index (κ3) is 1.93. The highest BCUT2D eigenvalue weighted by molar-refractivity contribution is 5.74. The molecule has 1 heterocycles. The predicted molar refractivity (Wildman–Crippen MR) is 56.8 cm³/mol. The van der Waals surface area contributed by atoms with E-state index in [0.29, 0.717) is 0 Å². The molecule has 0 aliphatic rings. The Hall–Kier alpha value is -1.35. The van der Waals surface area contributed by atoms with E-state index >= 15 is 0 Å². The number of quaternary nitrogens is 1. The SMILES string of the molecule is [NH3+]CCCCc1nc2ccccc2[nH]1. The van der Waals surface area contributed by atoms with Gasteiger partial charge in [0.05, 0.1) is 17.6 Å². The van der Waals surface area contributed by atoms with Crippen molar-refractivity contribution in [3.63, 3.8) is 0 Å². The maximum atomic E-state index is 4.51. The number of rotatable bonds is 4. The van der Waals surface area contributed by atoms with Crippen LogP contribution in [0.15, 0.2) is 24.3 Å². The number of nitrogens with one attached hydrogen (secondary N) is 1. The molecule has 0 aliphatic heterocycles. The van der Waals surface area contributed by atoms with Gasteiger partial charge in [-0.25, -0.2) is 4.98 Å². The van der Waals surface area contributed by atoms with Crippen molar-refractivity contribution in [3.8, 4) is 0 Å². The van der Waals surface area contributed by atoms with Gasteiger partial charge < -0.3 is 10.7 Å². The number of nitrogens with zero attached hydrogens (tertiary/aromatic N) is 1. The minimum absolute atomic E-state index is 1.01. The average Bonchev–Trinajstić information content (AvgIpc) is 2.60. The van der Waals surface area contributed by atoms with E-state index in [0.717, 1.165) is 29.8 Å². The van der Waals surface area contributed by atoms with Gasteiger partial charge in [-0.15, -0.1) is 0 Å². The average molecular weight is 190 g/mol. The van der Waals surface area contributed by atoms with E-state index in [9.17, 15) is 0 Å². The number of benzene rings is 1. The van der Waals surface area contributed by atoms with Gasteiger partial charge in [0.25, 0.3) is 0 Å². The van der Waals surface area contributed by atoms with Gasteiger partial charge in [-0.1, -0.05) is 12.1 Å². The highest BCUT2D eigenvalue weighted by Crippen LogP contribution is 2.11. The maximum absolute atomic E-state index is 4.51. The summed E-state index contributed by atoms with van der Waals surface area (Å²) < 4.78 is 0. The Morgan fingerprint density at radius 3 is 2.86 bits per heavy atom. The fraction of sp³-hybridized carbons (Fsp3) is 0.364. The zero-order valence-corrected chi connectivity index (χ0v) is 8.29. The number of aromatic nitrogens is 2. The minimum atomic E-state index is 1.01. The standard InChI is InChI=1S/C11H15N3/c12-8-4-3-7-11-13-9-5-1-2-6-10(9)14-11/h1-2,5-6H,3-4,7-8,12H2,(H,13,14)/p+1. The lowest BCUT2D eigenvalue weighted by Crippen LogP contribution is -2.50. The largest absolute Gasteiger partial charge is 0.358 e. The molecule has 0 fully saturated rings. The first-order chi connectivity index (χ1) is 6.90. The summed E-state index contributed by atoms with van der Waals surface area (Å²) in [5, 5.41) is 0. The van der Waals surface area contributed by atoms with Crippen LogP contribution in [0.5, 0.6) is 0 Å². The van der Waals surface area contributed by atoms with Crippen LogP contribution in [0.1, 0.15) is 18.7 Å². The summed E-state index contributed by atoms with van der Waals surface area (Å²) >= 11 is 0. The van der Waals surface area contributed by atoms with Crippen molar-refractivity contribution in [2.45, 2.75) is 19.3 Å². The van der Waals surface area contributed by atoms with Crippen molar-refractivity contribution in [2.75, 3.05) is 6.54 Å². The molecular formula is C11H16N3+. The molecule has 2 aromatic rings. The summed E-state index contributed by atoms with van der Waals surface area (Å²) in [6.07, 6.45) is 3.38. The van der Waals surface area contributed by atoms with E-state index in [1.54, 1.807) is 0 Å². The number of hydrogen-bond acceptors (Lipinski definition) is 1. The molecule has 4 N–H and O–H groups in total. The zero-order chi connectivity index (χ0) is 9.80. The Balaban J connectivity index is 2.11. The van der Waals surface area contributed by atoms with Crippen LogP contribution in [0.2, 0.25) is 0 Å². The number of H-pyrrole nitrogens is 1.